The second kappa shape index (κ2) is 12.2. The summed E-state index contributed by atoms with van der Waals surface area (Å²) >= 11 is 0. The Labute approximate surface area is 235 Å². The van der Waals surface area contributed by atoms with Crippen molar-refractivity contribution in [3.8, 4) is 0 Å². The van der Waals surface area contributed by atoms with Gasteiger partial charge in [-0.3, -0.25) is 0 Å². The van der Waals surface area contributed by atoms with Crippen LogP contribution < -0.4 is 0 Å². The van der Waals surface area contributed by atoms with E-state index in [1.54, 1.807) is 0 Å². The molecule has 2 nitrogen and oxygen atoms in total. The molecule has 0 aromatic heterocycles. The molecule has 0 spiro atoms. The zero-order chi connectivity index (χ0) is 26.0. The van der Waals surface area contributed by atoms with E-state index in [0.29, 0.717) is 0 Å². The minimum atomic E-state index is -4.24. The van der Waals surface area contributed by atoms with Crippen molar-refractivity contribution in [1.82, 2.24) is 9.80 Å². The zero-order valence-electron chi connectivity index (χ0n) is 23.4. The fraction of sp³-hybridized carbons (Fsp3) is 0.742. The molecule has 1 aromatic rings. The molecule has 6 heteroatoms. The quantitative estimate of drug-likeness (QED) is 0.224. The molecule has 0 amide bonds. The summed E-state index contributed by atoms with van der Waals surface area (Å²) in [5, 5.41) is 0. The number of likely N-dealkylation sites (N-methyl/N-ethyl adjacent to an activating group) is 2. The third-order valence-corrected chi connectivity index (χ3v) is 48.6. The summed E-state index contributed by atoms with van der Waals surface area (Å²) in [5.41, 5.74) is 1.53. The summed E-state index contributed by atoms with van der Waals surface area (Å²) in [5.74, 6) is 0. The molecule has 4 aliphatic rings. The molecule has 0 unspecified atom stereocenters. The minimum absolute atomic E-state index is 0.801. The molecule has 37 heavy (non-hydrogen) atoms. The summed E-state index contributed by atoms with van der Waals surface area (Å²) < 4.78 is 4.07. The molecule has 1 aromatic carbocycles. The van der Waals surface area contributed by atoms with Crippen molar-refractivity contribution in [3.63, 3.8) is 0 Å². The second-order valence-corrected chi connectivity index (χ2v) is 40.7. The van der Waals surface area contributed by atoms with E-state index >= 15 is 0 Å². The van der Waals surface area contributed by atoms with Gasteiger partial charge in [-0.15, -0.1) is 0 Å². The first-order valence-corrected chi connectivity index (χ1v) is 26.3. The Bertz CT molecular complexity index is 994. The van der Waals surface area contributed by atoms with Crippen LogP contribution in [0.15, 0.2) is 30.3 Å². The number of nitrogens with zero attached hydrogens (tertiary/aromatic N) is 2. The van der Waals surface area contributed by atoms with Gasteiger partial charge in [0.05, 0.1) is 0 Å². The van der Waals surface area contributed by atoms with E-state index < -0.39 is 15.8 Å². The van der Waals surface area contributed by atoms with Crippen LogP contribution in [0.1, 0.15) is 102 Å². The Morgan fingerprint density at radius 3 is 1.51 bits per heavy atom. The fourth-order valence-corrected chi connectivity index (χ4v) is 57.7. The molecule has 5 rings (SSSR count). The number of halogens is 2. The van der Waals surface area contributed by atoms with Gasteiger partial charge >= 0.3 is 237 Å². The molecule has 0 N–H and O–H groups in total. The van der Waals surface area contributed by atoms with Crippen molar-refractivity contribution >= 4 is 33.9 Å². The third-order valence-electron chi connectivity index (χ3n) is 10.3. The van der Waals surface area contributed by atoms with Crippen LogP contribution in [0.5, 0.6) is 0 Å². The van der Waals surface area contributed by atoms with E-state index in [2.05, 4.69) is 58.8 Å². The molecular formula is C31H52Cl2N2PRu. The van der Waals surface area contributed by atoms with Crippen LogP contribution in [-0.2, 0) is 16.7 Å². The Morgan fingerprint density at radius 2 is 1.11 bits per heavy atom. The van der Waals surface area contributed by atoms with Crippen molar-refractivity contribution in [3.05, 3.63) is 35.9 Å². The van der Waals surface area contributed by atoms with E-state index in [1.807, 2.05) is 0 Å². The van der Waals surface area contributed by atoms with Crippen molar-refractivity contribution in [2.75, 3.05) is 27.2 Å². The monoisotopic (exact) mass is 655 g/mol. The molecular weight excluding hydrogens is 603 g/mol. The SMILES string of the molecule is CN1CCN(C)[C]1=[Ru]([Cl])([Cl])(=[CH]Cc1ccccc1)[PH](C1CCCCC1)(C1CCCCC1)C1CCCCC1. The first-order valence-electron chi connectivity index (χ1n) is 15.3. The van der Waals surface area contributed by atoms with E-state index in [4.69, 9.17) is 19.4 Å². The summed E-state index contributed by atoms with van der Waals surface area (Å²) in [6, 6.07) is 11.1. The first-order chi connectivity index (χ1) is 17.9. The van der Waals surface area contributed by atoms with E-state index in [0.717, 1.165) is 36.5 Å². The number of rotatable bonds is 6. The predicted octanol–water partition coefficient (Wildman–Crippen LogP) is 8.66. The van der Waals surface area contributed by atoms with Crippen molar-refractivity contribution in [2.24, 2.45) is 0 Å². The van der Waals surface area contributed by atoms with Gasteiger partial charge < -0.3 is 0 Å². The number of benzene rings is 1. The molecule has 0 bridgehead atoms. The van der Waals surface area contributed by atoms with Gasteiger partial charge in [0.2, 0.25) is 0 Å². The second-order valence-electron chi connectivity index (χ2n) is 12.5. The van der Waals surface area contributed by atoms with Gasteiger partial charge in [0.1, 0.15) is 0 Å². The Kier molecular flexibility index (Phi) is 9.55. The van der Waals surface area contributed by atoms with E-state index in [1.165, 1.54) is 106 Å². The average molecular weight is 656 g/mol. The molecule has 3 saturated carbocycles. The molecule has 1 heterocycles. The maximum absolute atomic E-state index is 8.79. The number of hydrogen-bond donors (Lipinski definition) is 0. The Balaban J connectivity index is 1.85. The molecule has 1 aliphatic heterocycles. The van der Waals surface area contributed by atoms with E-state index in [9.17, 15) is 0 Å². The summed E-state index contributed by atoms with van der Waals surface area (Å²) in [6.07, 6.45) is 21.9. The molecule has 3 aliphatic carbocycles. The standard InChI is InChI=1S/C18H33P.C8H8.C5H10N2.2ClH.Ru/c1-4-10-16(11-5-1)19(17-12-6-2-7-13-17)18-14-8-3-9-15-18;1-2-8-6-4-3-5-7-8;1-6-3-4-7(2)5-6;;;/h16-18H,1-15H2;1,3-7H,2H2;3-4H2,1-2H3;2*1H;/q;;;;;+1/p-1. The number of hydrogen-bond acceptors (Lipinski definition) is 2. The summed E-state index contributed by atoms with van der Waals surface area (Å²) in [4.78, 5) is 5.06. The van der Waals surface area contributed by atoms with Gasteiger partial charge in [0, 0.05) is 0 Å². The summed E-state index contributed by atoms with van der Waals surface area (Å²) in [6.45, 7) is 2.12. The fourth-order valence-electron chi connectivity index (χ4n) is 8.82. The normalized spacial score (nSPS) is 26.2. The third kappa shape index (κ3) is 5.31. The first kappa shape index (κ1) is 29.0. The molecule has 213 valence electrons. The van der Waals surface area contributed by atoms with Crippen LogP contribution in [0.25, 0.3) is 0 Å². The van der Waals surface area contributed by atoms with Crippen molar-refractivity contribution in [2.45, 2.75) is 120 Å². The van der Waals surface area contributed by atoms with E-state index in [-0.39, 0.29) is 0 Å². The Hall–Kier alpha value is 0.513. The van der Waals surface area contributed by atoms with Crippen LogP contribution in [0, 0.1) is 0 Å². The topological polar surface area (TPSA) is 6.48 Å². The van der Waals surface area contributed by atoms with Gasteiger partial charge in [0.25, 0.3) is 0 Å². The van der Waals surface area contributed by atoms with Crippen LogP contribution in [0.3, 0.4) is 0 Å². The van der Waals surface area contributed by atoms with Crippen molar-refractivity contribution in [1.29, 1.82) is 0 Å². The van der Waals surface area contributed by atoms with Crippen LogP contribution in [0.2, 0.25) is 0 Å². The molecule has 1 saturated heterocycles. The van der Waals surface area contributed by atoms with Gasteiger partial charge in [-0.1, -0.05) is 0 Å². The maximum atomic E-state index is 8.79. The zero-order valence-corrected chi connectivity index (χ0v) is 27.7. The average Bonchev–Trinajstić information content (AvgIpc) is 3.29. The van der Waals surface area contributed by atoms with Crippen LogP contribution >= 0.6 is 25.0 Å². The van der Waals surface area contributed by atoms with Crippen molar-refractivity contribution < 1.29 is 10.2 Å². The summed E-state index contributed by atoms with van der Waals surface area (Å²) in [7, 11) is 18.0. The van der Waals surface area contributed by atoms with Gasteiger partial charge in [0.15, 0.2) is 0 Å². The molecule has 4 fully saturated rings. The molecule has 0 radical (unpaired) electrons. The van der Waals surface area contributed by atoms with Crippen LogP contribution in [-0.4, -0.2) is 62.9 Å². The van der Waals surface area contributed by atoms with Crippen LogP contribution in [0.4, 0.5) is 0 Å². The Morgan fingerprint density at radius 1 is 0.703 bits per heavy atom. The predicted molar refractivity (Wildman–Crippen MR) is 167 cm³/mol. The van der Waals surface area contributed by atoms with Gasteiger partial charge in [-0.2, -0.15) is 0 Å². The van der Waals surface area contributed by atoms with Gasteiger partial charge in [-0.25, -0.2) is 0 Å². The van der Waals surface area contributed by atoms with Gasteiger partial charge in [-0.05, 0) is 0 Å². The molecule has 0 atom stereocenters.